The van der Waals surface area contributed by atoms with Crippen molar-refractivity contribution in [3.05, 3.63) is 64.3 Å². The third-order valence-electron chi connectivity index (χ3n) is 5.04. The quantitative estimate of drug-likeness (QED) is 0.531. The maximum atomic E-state index is 13.2. The Morgan fingerprint density at radius 2 is 2.00 bits per heavy atom. The van der Waals surface area contributed by atoms with Crippen LogP contribution in [0.15, 0.2) is 36.5 Å². The molecule has 1 N–H and O–H groups in total. The predicted molar refractivity (Wildman–Crippen MR) is 105 cm³/mol. The molecule has 1 aliphatic carbocycles. The highest BCUT2D eigenvalue weighted by Crippen LogP contribution is 2.43. The molecule has 0 bridgehead atoms. The van der Waals surface area contributed by atoms with Crippen molar-refractivity contribution >= 4 is 23.3 Å². The van der Waals surface area contributed by atoms with E-state index in [4.69, 9.17) is 11.6 Å². The van der Waals surface area contributed by atoms with Gasteiger partial charge in [0.1, 0.15) is 11.9 Å². The Hall–Kier alpha value is -2.88. The topological polar surface area (TPSA) is 64.7 Å². The molecule has 6 nitrogen and oxygen atoms in total. The molecule has 2 heterocycles. The van der Waals surface area contributed by atoms with Crippen LogP contribution < -0.4 is 5.32 Å². The third-order valence-corrected chi connectivity index (χ3v) is 5.39. The average molecular weight is 456 g/mol. The monoisotopic (exact) mass is 455 g/mol. The fourth-order valence-electron chi connectivity index (χ4n) is 3.22. The maximum Gasteiger partial charge on any atom is 0.435 e. The molecule has 1 unspecified atom stereocenters. The Morgan fingerprint density at radius 1 is 1.26 bits per heavy atom. The zero-order chi connectivity index (χ0) is 22.3. The number of aromatic nitrogens is 4. The second-order valence-corrected chi connectivity index (χ2v) is 7.88. The van der Waals surface area contributed by atoms with Crippen molar-refractivity contribution in [1.29, 1.82) is 0 Å². The number of carbonyl (C=O) groups excluding carboxylic acids is 1. The minimum Gasteiger partial charge on any atom is -0.307 e. The minimum atomic E-state index is -4.58. The van der Waals surface area contributed by atoms with Gasteiger partial charge in [-0.25, -0.2) is 4.39 Å². The number of rotatable bonds is 6. The lowest BCUT2D eigenvalue weighted by molar-refractivity contribution is -0.141. The van der Waals surface area contributed by atoms with Gasteiger partial charge in [-0.05, 0) is 43.5 Å². The van der Waals surface area contributed by atoms with Gasteiger partial charge in [-0.15, -0.1) is 0 Å². The van der Waals surface area contributed by atoms with Crippen LogP contribution in [0.1, 0.15) is 48.7 Å². The van der Waals surface area contributed by atoms with Crippen LogP contribution in [0, 0.1) is 5.82 Å². The number of alkyl halides is 3. The van der Waals surface area contributed by atoms with E-state index in [0.717, 1.165) is 23.6 Å². The molecule has 2 aromatic heterocycles. The number of nitrogens with zero attached hydrogens (tertiary/aromatic N) is 4. The number of benzene rings is 1. The smallest absolute Gasteiger partial charge is 0.307 e. The highest BCUT2D eigenvalue weighted by atomic mass is 35.5. The van der Waals surface area contributed by atoms with Crippen molar-refractivity contribution in [2.24, 2.45) is 0 Å². The molecule has 1 saturated carbocycles. The van der Waals surface area contributed by atoms with Crippen LogP contribution in [-0.4, -0.2) is 25.5 Å². The Labute approximate surface area is 179 Å². The molecule has 1 fully saturated rings. The van der Waals surface area contributed by atoms with Gasteiger partial charge in [-0.2, -0.15) is 23.4 Å². The van der Waals surface area contributed by atoms with Crippen LogP contribution in [-0.2, 0) is 17.5 Å². The van der Waals surface area contributed by atoms with Crippen molar-refractivity contribution < 1.29 is 22.4 Å². The zero-order valence-corrected chi connectivity index (χ0v) is 17.1. The number of hydrogen-bond acceptors (Lipinski definition) is 3. The summed E-state index contributed by atoms with van der Waals surface area (Å²) in [4.78, 5) is 12.7. The summed E-state index contributed by atoms with van der Waals surface area (Å²) >= 11 is 6.02. The van der Waals surface area contributed by atoms with Crippen molar-refractivity contribution in [1.82, 2.24) is 19.6 Å². The van der Waals surface area contributed by atoms with Gasteiger partial charge in [0, 0.05) is 28.9 Å². The van der Waals surface area contributed by atoms with E-state index in [1.807, 2.05) is 0 Å². The summed E-state index contributed by atoms with van der Waals surface area (Å²) in [6, 6.07) is 5.63. The van der Waals surface area contributed by atoms with Crippen LogP contribution in [0.25, 0.3) is 0 Å². The van der Waals surface area contributed by atoms with Crippen molar-refractivity contribution in [2.75, 3.05) is 5.32 Å². The van der Waals surface area contributed by atoms with Gasteiger partial charge >= 0.3 is 6.18 Å². The van der Waals surface area contributed by atoms with Gasteiger partial charge in [0.2, 0.25) is 5.91 Å². The fraction of sp³-hybridized carbons (Fsp3) is 0.350. The molecular formula is C20H18ClF4N5O. The summed E-state index contributed by atoms with van der Waals surface area (Å²) in [6.45, 7) is 1.74. The molecule has 1 amide bonds. The molecule has 1 aromatic carbocycles. The van der Waals surface area contributed by atoms with Gasteiger partial charge in [0.25, 0.3) is 0 Å². The Bertz CT molecular complexity index is 1120. The number of anilines is 1. The number of nitrogens with one attached hydrogen (secondary N) is 1. The SMILES string of the molecule is CC(C(=O)Nc1ccn(Cc2ccc(F)cc2Cl)n1)n1nc(C(F)(F)F)cc1C1CC1. The largest absolute Gasteiger partial charge is 0.435 e. The molecule has 1 aliphatic rings. The molecule has 164 valence electrons. The third kappa shape index (κ3) is 4.73. The van der Waals surface area contributed by atoms with Gasteiger partial charge in [0.05, 0.1) is 6.54 Å². The molecule has 31 heavy (non-hydrogen) atoms. The van der Waals surface area contributed by atoms with E-state index in [0.29, 0.717) is 11.3 Å². The summed E-state index contributed by atoms with van der Waals surface area (Å²) in [5, 5.41) is 10.7. The molecule has 1 atom stereocenters. The normalized spacial score (nSPS) is 15.2. The number of carbonyl (C=O) groups is 1. The lowest BCUT2D eigenvalue weighted by atomic mass is 10.2. The van der Waals surface area contributed by atoms with Gasteiger partial charge in [-0.3, -0.25) is 14.2 Å². The Balaban J connectivity index is 1.47. The molecule has 0 radical (unpaired) electrons. The van der Waals surface area contributed by atoms with Gasteiger partial charge < -0.3 is 5.32 Å². The van der Waals surface area contributed by atoms with E-state index < -0.39 is 29.6 Å². The maximum absolute atomic E-state index is 13.2. The molecular weight excluding hydrogens is 438 g/mol. The summed E-state index contributed by atoms with van der Waals surface area (Å²) < 4.78 is 55.1. The van der Waals surface area contributed by atoms with Crippen LogP contribution >= 0.6 is 11.6 Å². The zero-order valence-electron chi connectivity index (χ0n) is 16.3. The molecule has 0 spiro atoms. The van der Waals surface area contributed by atoms with Crippen molar-refractivity contribution in [3.8, 4) is 0 Å². The summed E-state index contributed by atoms with van der Waals surface area (Å²) in [7, 11) is 0. The van der Waals surface area contributed by atoms with Crippen molar-refractivity contribution in [3.63, 3.8) is 0 Å². The second-order valence-electron chi connectivity index (χ2n) is 7.47. The van der Waals surface area contributed by atoms with Crippen molar-refractivity contribution in [2.45, 2.75) is 44.4 Å². The summed E-state index contributed by atoms with van der Waals surface area (Å²) in [6.07, 6.45) is -1.43. The van der Waals surface area contributed by atoms with E-state index in [1.54, 1.807) is 12.3 Å². The first-order chi connectivity index (χ1) is 14.6. The first kappa shape index (κ1) is 21.4. The van der Waals surface area contributed by atoms with E-state index >= 15 is 0 Å². The standard InChI is InChI=1S/C20H18ClF4N5O/c1-11(30-16(12-2-3-12)9-17(27-30)20(23,24)25)19(31)26-18-6-7-29(28-18)10-13-4-5-14(22)8-15(13)21/h4-9,11-12H,2-3,10H2,1H3,(H,26,28,31). The van der Waals surface area contributed by atoms with Gasteiger partial charge in [-0.1, -0.05) is 17.7 Å². The second kappa shape index (κ2) is 7.99. The molecule has 4 rings (SSSR count). The van der Waals surface area contributed by atoms with E-state index in [9.17, 15) is 22.4 Å². The highest BCUT2D eigenvalue weighted by molar-refractivity contribution is 6.31. The lowest BCUT2D eigenvalue weighted by Crippen LogP contribution is -2.26. The average Bonchev–Trinajstić information content (AvgIpc) is 3.27. The van der Waals surface area contributed by atoms with E-state index in [1.165, 1.54) is 29.8 Å². The molecule has 3 aromatic rings. The molecule has 0 saturated heterocycles. The number of amides is 1. The van der Waals surface area contributed by atoms with E-state index in [-0.39, 0.29) is 23.3 Å². The number of halogens is 5. The molecule has 0 aliphatic heterocycles. The Kier molecular flexibility index (Phi) is 5.50. The first-order valence-corrected chi connectivity index (χ1v) is 9.94. The Morgan fingerprint density at radius 3 is 2.65 bits per heavy atom. The van der Waals surface area contributed by atoms with Gasteiger partial charge in [0.15, 0.2) is 11.5 Å². The first-order valence-electron chi connectivity index (χ1n) is 9.56. The fourth-order valence-corrected chi connectivity index (χ4v) is 3.45. The van der Waals surface area contributed by atoms with Crippen LogP contribution in [0.3, 0.4) is 0 Å². The predicted octanol–water partition coefficient (Wildman–Crippen LogP) is 5.02. The number of hydrogen-bond donors (Lipinski definition) is 1. The van der Waals surface area contributed by atoms with Crippen LogP contribution in [0.2, 0.25) is 5.02 Å². The van der Waals surface area contributed by atoms with Crippen LogP contribution in [0.4, 0.5) is 23.4 Å². The minimum absolute atomic E-state index is 0.0153. The summed E-state index contributed by atoms with van der Waals surface area (Å²) in [5.41, 5.74) is 0.0451. The molecule has 11 heteroatoms. The van der Waals surface area contributed by atoms with Crippen LogP contribution in [0.5, 0.6) is 0 Å². The van der Waals surface area contributed by atoms with E-state index in [2.05, 4.69) is 15.5 Å². The lowest BCUT2D eigenvalue weighted by Gasteiger charge is -2.15. The highest BCUT2D eigenvalue weighted by Gasteiger charge is 2.39. The summed E-state index contributed by atoms with van der Waals surface area (Å²) in [5.74, 6) is -0.775.